The first-order chi connectivity index (χ1) is 13.8. The number of aromatic nitrogens is 5. The number of hydrogen-bond acceptors (Lipinski definition) is 7. The standard InChI is InChI=1S/C19H20N6O2S/c26-19(13-3-1-2-4-13)25-12-28-10-15(25)18-22-17(23-27-18)14-5-6-16(21-9-14)24-8-7-20-11-24/h5-9,11,13,15H,1-4,10,12H2/t15-/m0/s1. The number of imidazole rings is 1. The molecule has 1 saturated heterocycles. The SMILES string of the molecule is O=C(C1CCCC1)N1CSC[C@H]1c1nc(-c2ccc(-n3ccnc3)nc2)no1. The van der Waals surface area contributed by atoms with Gasteiger partial charge in [0, 0.05) is 35.8 Å². The minimum Gasteiger partial charge on any atom is -0.337 e. The molecule has 9 heteroatoms. The Balaban J connectivity index is 1.34. The molecule has 0 aromatic carbocycles. The van der Waals surface area contributed by atoms with Crippen molar-refractivity contribution in [1.82, 2.24) is 29.6 Å². The van der Waals surface area contributed by atoms with Crippen LogP contribution in [0.5, 0.6) is 0 Å². The van der Waals surface area contributed by atoms with E-state index < -0.39 is 0 Å². The van der Waals surface area contributed by atoms with Crippen molar-refractivity contribution in [3.05, 3.63) is 42.9 Å². The smallest absolute Gasteiger partial charge is 0.250 e. The zero-order chi connectivity index (χ0) is 18.9. The predicted octanol–water partition coefficient (Wildman–Crippen LogP) is 3.08. The van der Waals surface area contributed by atoms with Gasteiger partial charge in [-0.25, -0.2) is 9.97 Å². The fourth-order valence-corrected chi connectivity index (χ4v) is 4.98. The van der Waals surface area contributed by atoms with E-state index in [1.54, 1.807) is 30.5 Å². The molecule has 5 rings (SSSR count). The molecule has 1 aliphatic carbocycles. The minimum absolute atomic E-state index is 0.141. The number of carbonyl (C=O) groups excluding carboxylic acids is 1. The summed E-state index contributed by atoms with van der Waals surface area (Å²) in [6.45, 7) is 0. The first-order valence-corrected chi connectivity index (χ1v) is 10.6. The monoisotopic (exact) mass is 396 g/mol. The summed E-state index contributed by atoms with van der Waals surface area (Å²) in [6.07, 6.45) is 11.2. The minimum atomic E-state index is -0.141. The van der Waals surface area contributed by atoms with Crippen LogP contribution in [-0.2, 0) is 4.79 Å². The molecule has 3 aromatic rings. The van der Waals surface area contributed by atoms with Crippen molar-refractivity contribution in [2.45, 2.75) is 31.7 Å². The Kier molecular flexibility index (Phi) is 4.59. The summed E-state index contributed by atoms with van der Waals surface area (Å²) in [4.78, 5) is 27.8. The van der Waals surface area contributed by atoms with Crippen LogP contribution in [0.2, 0.25) is 0 Å². The highest BCUT2D eigenvalue weighted by molar-refractivity contribution is 7.99. The molecule has 1 atom stereocenters. The summed E-state index contributed by atoms with van der Waals surface area (Å²) in [6, 6.07) is 3.65. The second-order valence-corrected chi connectivity index (χ2v) is 8.14. The highest BCUT2D eigenvalue weighted by Gasteiger charge is 2.38. The molecule has 144 valence electrons. The van der Waals surface area contributed by atoms with E-state index in [-0.39, 0.29) is 17.9 Å². The van der Waals surface area contributed by atoms with Gasteiger partial charge in [0.05, 0.1) is 5.88 Å². The maximum absolute atomic E-state index is 12.9. The highest BCUT2D eigenvalue weighted by atomic mass is 32.2. The number of nitrogens with zero attached hydrogens (tertiary/aromatic N) is 6. The Hall–Kier alpha value is -2.68. The van der Waals surface area contributed by atoms with Gasteiger partial charge in [-0.15, -0.1) is 11.8 Å². The lowest BCUT2D eigenvalue weighted by Gasteiger charge is -2.24. The molecule has 0 unspecified atom stereocenters. The van der Waals surface area contributed by atoms with E-state index in [4.69, 9.17) is 4.52 Å². The van der Waals surface area contributed by atoms with Gasteiger partial charge in [0.2, 0.25) is 11.7 Å². The lowest BCUT2D eigenvalue weighted by molar-refractivity contribution is -0.136. The number of thioether (sulfide) groups is 1. The lowest BCUT2D eigenvalue weighted by atomic mass is 10.1. The van der Waals surface area contributed by atoms with Crippen LogP contribution >= 0.6 is 11.8 Å². The van der Waals surface area contributed by atoms with Crippen molar-refractivity contribution < 1.29 is 9.32 Å². The van der Waals surface area contributed by atoms with E-state index in [0.717, 1.165) is 42.8 Å². The van der Waals surface area contributed by atoms with Gasteiger partial charge in [0.15, 0.2) is 0 Å². The van der Waals surface area contributed by atoms with Crippen LogP contribution in [0.15, 0.2) is 41.6 Å². The molecule has 3 aromatic heterocycles. The Morgan fingerprint density at radius 1 is 1.25 bits per heavy atom. The van der Waals surface area contributed by atoms with Crippen molar-refractivity contribution in [2.24, 2.45) is 5.92 Å². The average molecular weight is 396 g/mol. The third-order valence-corrected chi connectivity index (χ3v) is 6.38. The van der Waals surface area contributed by atoms with Crippen LogP contribution in [0, 0.1) is 5.92 Å². The fourth-order valence-electron chi connectivity index (χ4n) is 3.83. The number of carbonyl (C=O) groups is 1. The van der Waals surface area contributed by atoms with Crippen molar-refractivity contribution in [1.29, 1.82) is 0 Å². The molecule has 4 heterocycles. The van der Waals surface area contributed by atoms with Crippen LogP contribution in [0.3, 0.4) is 0 Å². The highest BCUT2D eigenvalue weighted by Crippen LogP contribution is 2.37. The van der Waals surface area contributed by atoms with E-state index in [0.29, 0.717) is 17.6 Å². The number of hydrogen-bond donors (Lipinski definition) is 0. The Morgan fingerprint density at radius 2 is 2.14 bits per heavy atom. The summed E-state index contributed by atoms with van der Waals surface area (Å²) in [5, 5.41) is 4.12. The van der Waals surface area contributed by atoms with E-state index in [2.05, 4.69) is 20.1 Å². The molecule has 8 nitrogen and oxygen atoms in total. The zero-order valence-electron chi connectivity index (χ0n) is 15.3. The van der Waals surface area contributed by atoms with Gasteiger partial charge in [-0.3, -0.25) is 9.36 Å². The quantitative estimate of drug-likeness (QED) is 0.669. The molecule has 2 aliphatic rings. The second-order valence-electron chi connectivity index (χ2n) is 7.14. The number of pyridine rings is 1. The second kappa shape index (κ2) is 7.38. The summed E-state index contributed by atoms with van der Waals surface area (Å²) in [5.74, 6) is 3.64. The van der Waals surface area contributed by atoms with Gasteiger partial charge in [-0.2, -0.15) is 4.98 Å². The van der Waals surface area contributed by atoms with E-state index in [1.165, 1.54) is 0 Å². The fraction of sp³-hybridized carbons (Fsp3) is 0.421. The van der Waals surface area contributed by atoms with E-state index in [9.17, 15) is 4.79 Å². The maximum Gasteiger partial charge on any atom is 0.250 e. The largest absolute Gasteiger partial charge is 0.337 e. The van der Waals surface area contributed by atoms with Crippen molar-refractivity contribution in [3.63, 3.8) is 0 Å². The van der Waals surface area contributed by atoms with Crippen LogP contribution in [0.1, 0.15) is 37.6 Å². The molecule has 1 saturated carbocycles. The molecule has 0 bridgehead atoms. The lowest BCUT2D eigenvalue weighted by Crippen LogP contribution is -2.35. The normalized spacial score (nSPS) is 20.1. The molecular weight excluding hydrogens is 376 g/mol. The maximum atomic E-state index is 12.9. The molecule has 28 heavy (non-hydrogen) atoms. The Morgan fingerprint density at radius 3 is 2.89 bits per heavy atom. The van der Waals surface area contributed by atoms with Gasteiger partial charge in [0.25, 0.3) is 5.89 Å². The van der Waals surface area contributed by atoms with Crippen molar-refractivity contribution in [3.8, 4) is 17.2 Å². The van der Waals surface area contributed by atoms with Crippen LogP contribution < -0.4 is 0 Å². The first-order valence-electron chi connectivity index (χ1n) is 9.46. The van der Waals surface area contributed by atoms with Crippen LogP contribution in [-0.4, -0.2) is 47.1 Å². The third kappa shape index (κ3) is 3.19. The molecular formula is C19H20N6O2S. The summed E-state index contributed by atoms with van der Waals surface area (Å²) < 4.78 is 7.36. The van der Waals surface area contributed by atoms with Gasteiger partial charge in [-0.05, 0) is 25.0 Å². The Bertz CT molecular complexity index is 949. The third-order valence-electron chi connectivity index (χ3n) is 5.37. The topological polar surface area (TPSA) is 89.9 Å². The summed E-state index contributed by atoms with van der Waals surface area (Å²) in [7, 11) is 0. The van der Waals surface area contributed by atoms with E-state index in [1.807, 2.05) is 27.8 Å². The van der Waals surface area contributed by atoms with Gasteiger partial charge < -0.3 is 9.42 Å². The predicted molar refractivity (Wildman–Crippen MR) is 104 cm³/mol. The first kappa shape index (κ1) is 17.4. The van der Waals surface area contributed by atoms with E-state index >= 15 is 0 Å². The Labute approximate surface area is 166 Å². The molecule has 0 spiro atoms. The number of rotatable bonds is 4. The van der Waals surface area contributed by atoms with Crippen LogP contribution in [0.25, 0.3) is 17.2 Å². The number of amides is 1. The molecule has 0 N–H and O–H groups in total. The van der Waals surface area contributed by atoms with Crippen molar-refractivity contribution in [2.75, 3.05) is 11.6 Å². The average Bonchev–Trinajstić information content (AvgIpc) is 3.53. The zero-order valence-corrected chi connectivity index (χ0v) is 16.1. The van der Waals surface area contributed by atoms with Crippen LogP contribution in [0.4, 0.5) is 0 Å². The summed E-state index contributed by atoms with van der Waals surface area (Å²) >= 11 is 1.73. The molecule has 0 radical (unpaired) electrons. The van der Waals surface area contributed by atoms with Gasteiger partial charge in [0.1, 0.15) is 18.2 Å². The summed E-state index contributed by atoms with van der Waals surface area (Å²) in [5.41, 5.74) is 0.776. The molecule has 2 fully saturated rings. The van der Waals surface area contributed by atoms with Crippen molar-refractivity contribution >= 4 is 17.7 Å². The van der Waals surface area contributed by atoms with Gasteiger partial charge in [-0.1, -0.05) is 18.0 Å². The van der Waals surface area contributed by atoms with Gasteiger partial charge >= 0.3 is 0 Å². The molecule has 1 aliphatic heterocycles. The molecule has 1 amide bonds.